The molecule has 5 nitrogen and oxygen atoms in total. The Balaban J connectivity index is 1.90. The van der Waals surface area contributed by atoms with E-state index in [9.17, 15) is 0 Å². The highest BCUT2D eigenvalue weighted by atomic mass is 32.2. The third-order valence-electron chi connectivity index (χ3n) is 2.85. The molecule has 6 heteroatoms. The summed E-state index contributed by atoms with van der Waals surface area (Å²) in [4.78, 5) is 5.36. The van der Waals surface area contributed by atoms with Crippen LogP contribution in [0.15, 0.2) is 33.7 Å². The lowest BCUT2D eigenvalue weighted by Crippen LogP contribution is -2.07. The number of nitrogens with zero attached hydrogens (tertiary/aromatic N) is 3. The molecule has 0 aliphatic carbocycles. The molecule has 0 amide bonds. The molecule has 1 aromatic heterocycles. The van der Waals surface area contributed by atoms with Gasteiger partial charge in [-0.2, -0.15) is 10.2 Å². The zero-order chi connectivity index (χ0) is 15.9. The topological polar surface area (TPSA) is 71.9 Å². The molecule has 2 rings (SSSR count). The molecular weight excluding hydrogens is 298 g/mol. The van der Waals surface area contributed by atoms with E-state index in [-0.39, 0.29) is 6.10 Å². The van der Waals surface area contributed by atoms with Gasteiger partial charge in [0.15, 0.2) is 5.82 Å². The zero-order valence-electron chi connectivity index (χ0n) is 12.9. The third-order valence-corrected chi connectivity index (χ3v) is 3.83. The SMILES string of the molecule is CC(C)CO[C@@H](C)c1noc(CSc2cccc(C#N)c2)n1. The molecule has 1 heterocycles. The highest BCUT2D eigenvalue weighted by Gasteiger charge is 2.15. The summed E-state index contributed by atoms with van der Waals surface area (Å²) in [7, 11) is 0. The van der Waals surface area contributed by atoms with Crippen molar-refractivity contribution in [2.24, 2.45) is 5.92 Å². The first-order valence-corrected chi connectivity index (χ1v) is 8.14. The van der Waals surface area contributed by atoms with Crippen molar-refractivity contribution >= 4 is 11.8 Å². The molecule has 0 bridgehead atoms. The molecule has 0 unspecified atom stereocenters. The van der Waals surface area contributed by atoms with Gasteiger partial charge in [0.2, 0.25) is 5.89 Å². The molecule has 116 valence electrons. The molecule has 1 atom stereocenters. The van der Waals surface area contributed by atoms with Crippen molar-refractivity contribution in [2.75, 3.05) is 6.61 Å². The largest absolute Gasteiger partial charge is 0.370 e. The lowest BCUT2D eigenvalue weighted by molar-refractivity contribution is 0.0402. The van der Waals surface area contributed by atoms with Gasteiger partial charge in [0.05, 0.1) is 17.4 Å². The van der Waals surface area contributed by atoms with Crippen LogP contribution in [0, 0.1) is 17.2 Å². The van der Waals surface area contributed by atoms with Crippen LogP contribution in [-0.4, -0.2) is 16.7 Å². The fourth-order valence-electron chi connectivity index (χ4n) is 1.70. The maximum atomic E-state index is 8.89. The van der Waals surface area contributed by atoms with E-state index in [2.05, 4.69) is 30.1 Å². The normalized spacial score (nSPS) is 12.3. The van der Waals surface area contributed by atoms with E-state index < -0.39 is 0 Å². The van der Waals surface area contributed by atoms with E-state index in [1.54, 1.807) is 17.8 Å². The lowest BCUT2D eigenvalue weighted by atomic mass is 10.2. The number of hydrogen-bond donors (Lipinski definition) is 0. The molecule has 0 saturated carbocycles. The van der Waals surface area contributed by atoms with E-state index in [1.807, 2.05) is 25.1 Å². The van der Waals surface area contributed by atoms with E-state index in [1.165, 1.54) is 0 Å². The summed E-state index contributed by atoms with van der Waals surface area (Å²) in [6.07, 6.45) is -0.174. The zero-order valence-corrected chi connectivity index (χ0v) is 13.8. The highest BCUT2D eigenvalue weighted by Crippen LogP contribution is 2.23. The van der Waals surface area contributed by atoms with E-state index >= 15 is 0 Å². The van der Waals surface area contributed by atoms with Crippen LogP contribution in [0.5, 0.6) is 0 Å². The first kappa shape index (κ1) is 16.5. The van der Waals surface area contributed by atoms with Gasteiger partial charge in [0.25, 0.3) is 0 Å². The summed E-state index contributed by atoms with van der Waals surface area (Å²) in [5.74, 6) is 2.17. The van der Waals surface area contributed by atoms with E-state index in [0.29, 0.717) is 35.6 Å². The summed E-state index contributed by atoms with van der Waals surface area (Å²) in [5.41, 5.74) is 0.645. The van der Waals surface area contributed by atoms with Gasteiger partial charge in [-0.25, -0.2) is 0 Å². The first-order valence-electron chi connectivity index (χ1n) is 7.15. The molecule has 0 saturated heterocycles. The summed E-state index contributed by atoms with van der Waals surface area (Å²) < 4.78 is 10.9. The molecule has 1 aromatic carbocycles. The van der Waals surface area contributed by atoms with Crippen LogP contribution in [0.2, 0.25) is 0 Å². The molecular formula is C16H19N3O2S. The summed E-state index contributed by atoms with van der Waals surface area (Å²) in [5, 5.41) is 12.9. The minimum absolute atomic E-state index is 0.174. The third kappa shape index (κ3) is 4.86. The second-order valence-electron chi connectivity index (χ2n) is 5.34. The number of ether oxygens (including phenoxy) is 1. The first-order chi connectivity index (χ1) is 10.6. The molecule has 0 spiro atoms. The number of benzene rings is 1. The van der Waals surface area contributed by atoms with Gasteiger partial charge >= 0.3 is 0 Å². The molecule has 0 aliphatic rings. The maximum absolute atomic E-state index is 8.89. The Morgan fingerprint density at radius 3 is 2.91 bits per heavy atom. The van der Waals surface area contributed by atoms with Crippen molar-refractivity contribution in [2.45, 2.75) is 37.5 Å². The molecule has 2 aromatic rings. The van der Waals surface area contributed by atoms with Crippen molar-refractivity contribution < 1.29 is 9.26 Å². The predicted molar refractivity (Wildman–Crippen MR) is 84.2 cm³/mol. The summed E-state index contributed by atoms with van der Waals surface area (Å²) in [6.45, 7) is 6.78. The van der Waals surface area contributed by atoms with Crippen LogP contribution in [0.3, 0.4) is 0 Å². The highest BCUT2D eigenvalue weighted by molar-refractivity contribution is 7.98. The maximum Gasteiger partial charge on any atom is 0.237 e. The molecule has 0 radical (unpaired) electrons. The van der Waals surface area contributed by atoms with E-state index in [4.69, 9.17) is 14.5 Å². The van der Waals surface area contributed by atoms with Gasteiger partial charge in [-0.1, -0.05) is 25.1 Å². The second kappa shape index (κ2) is 7.97. The van der Waals surface area contributed by atoms with Crippen LogP contribution in [0.25, 0.3) is 0 Å². The Morgan fingerprint density at radius 2 is 2.18 bits per heavy atom. The summed E-state index contributed by atoms with van der Waals surface area (Å²) >= 11 is 1.56. The van der Waals surface area contributed by atoms with Gasteiger partial charge in [-0.15, -0.1) is 11.8 Å². The summed E-state index contributed by atoms with van der Waals surface area (Å²) in [6, 6.07) is 9.57. The van der Waals surface area contributed by atoms with Crippen molar-refractivity contribution in [3.63, 3.8) is 0 Å². The number of hydrogen-bond acceptors (Lipinski definition) is 6. The van der Waals surface area contributed by atoms with Gasteiger partial charge in [-0.3, -0.25) is 0 Å². The Hall–Kier alpha value is -1.84. The van der Waals surface area contributed by atoms with Crippen LogP contribution in [0.1, 0.15) is 44.2 Å². The van der Waals surface area contributed by atoms with E-state index in [0.717, 1.165) is 4.90 Å². The number of rotatable bonds is 7. The Kier molecular flexibility index (Phi) is 5.99. The smallest absolute Gasteiger partial charge is 0.237 e. The van der Waals surface area contributed by atoms with Crippen molar-refractivity contribution in [1.82, 2.24) is 10.1 Å². The number of nitriles is 1. The van der Waals surface area contributed by atoms with Crippen LogP contribution < -0.4 is 0 Å². The van der Waals surface area contributed by atoms with Crippen molar-refractivity contribution in [3.8, 4) is 6.07 Å². The van der Waals surface area contributed by atoms with Gasteiger partial charge < -0.3 is 9.26 Å². The molecule has 22 heavy (non-hydrogen) atoms. The van der Waals surface area contributed by atoms with Crippen LogP contribution in [-0.2, 0) is 10.5 Å². The van der Waals surface area contributed by atoms with Crippen molar-refractivity contribution in [1.29, 1.82) is 5.26 Å². The van der Waals surface area contributed by atoms with Gasteiger partial charge in [0.1, 0.15) is 6.10 Å². The Labute approximate surface area is 134 Å². The van der Waals surface area contributed by atoms with Crippen LogP contribution in [0.4, 0.5) is 0 Å². The fourth-order valence-corrected chi connectivity index (χ4v) is 2.50. The Bertz CT molecular complexity index is 649. The average Bonchev–Trinajstić information content (AvgIpc) is 3.00. The number of aromatic nitrogens is 2. The number of thioether (sulfide) groups is 1. The standard InChI is InChI=1S/C16H19N3O2S/c1-11(2)9-20-12(3)16-18-15(21-19-16)10-22-14-6-4-5-13(7-14)8-17/h4-7,11-12H,9-10H2,1-3H3/t12-/m0/s1. The molecule has 0 N–H and O–H groups in total. The Morgan fingerprint density at radius 1 is 1.36 bits per heavy atom. The quantitative estimate of drug-likeness (QED) is 0.720. The monoisotopic (exact) mass is 317 g/mol. The molecule has 0 aliphatic heterocycles. The molecule has 0 fully saturated rings. The van der Waals surface area contributed by atoms with Gasteiger partial charge in [0, 0.05) is 11.5 Å². The second-order valence-corrected chi connectivity index (χ2v) is 6.39. The minimum atomic E-state index is -0.174. The van der Waals surface area contributed by atoms with Crippen LogP contribution >= 0.6 is 11.8 Å². The minimum Gasteiger partial charge on any atom is -0.370 e. The predicted octanol–water partition coefficient (Wildman–Crippen LogP) is 3.97. The van der Waals surface area contributed by atoms with Crippen molar-refractivity contribution in [3.05, 3.63) is 41.5 Å². The van der Waals surface area contributed by atoms with Gasteiger partial charge in [-0.05, 0) is 31.0 Å². The lowest BCUT2D eigenvalue weighted by Gasteiger charge is -2.10. The fraction of sp³-hybridized carbons (Fsp3) is 0.438. The average molecular weight is 317 g/mol.